The molecule has 1 aliphatic carbocycles. The Morgan fingerprint density at radius 2 is 1.97 bits per heavy atom. The van der Waals surface area contributed by atoms with Crippen molar-refractivity contribution in [3.05, 3.63) is 41.5 Å². The molecule has 1 spiro atoms. The zero-order chi connectivity index (χ0) is 27.3. The molecule has 0 amide bonds. The van der Waals surface area contributed by atoms with E-state index in [1.54, 1.807) is 20.3 Å². The van der Waals surface area contributed by atoms with E-state index < -0.39 is 5.97 Å². The van der Waals surface area contributed by atoms with Gasteiger partial charge in [-0.2, -0.15) is 0 Å². The molecule has 3 fully saturated rings. The first-order valence-electron chi connectivity index (χ1n) is 13.5. The number of esters is 1. The van der Waals surface area contributed by atoms with Crippen molar-refractivity contribution >= 4 is 12.0 Å². The normalized spacial score (nSPS) is 31.7. The number of methoxy groups -OCH3 is 2. The molecule has 2 heterocycles. The summed E-state index contributed by atoms with van der Waals surface area (Å²) in [5, 5.41) is 0. The number of ether oxygens (including phenoxy) is 7. The van der Waals surface area contributed by atoms with Gasteiger partial charge >= 0.3 is 5.97 Å². The van der Waals surface area contributed by atoms with Crippen molar-refractivity contribution in [2.45, 2.75) is 76.5 Å². The van der Waals surface area contributed by atoms with Crippen LogP contribution in [0.5, 0.6) is 11.5 Å². The van der Waals surface area contributed by atoms with Gasteiger partial charge in [-0.15, -0.1) is 0 Å². The van der Waals surface area contributed by atoms with E-state index in [0.717, 1.165) is 18.4 Å². The van der Waals surface area contributed by atoms with Crippen LogP contribution in [0, 0.1) is 5.92 Å². The predicted molar refractivity (Wildman–Crippen MR) is 143 cm³/mol. The van der Waals surface area contributed by atoms with Crippen LogP contribution in [0.3, 0.4) is 0 Å². The van der Waals surface area contributed by atoms with E-state index in [2.05, 4.69) is 26.8 Å². The van der Waals surface area contributed by atoms with Crippen molar-refractivity contribution in [3.8, 4) is 11.5 Å². The van der Waals surface area contributed by atoms with Gasteiger partial charge in [-0.3, -0.25) is 0 Å². The summed E-state index contributed by atoms with van der Waals surface area (Å²) in [5.74, 6) is 0.785. The molecule has 8 nitrogen and oxygen atoms in total. The molecule has 210 valence electrons. The number of rotatable bonds is 13. The van der Waals surface area contributed by atoms with Gasteiger partial charge in [0.2, 0.25) is 0 Å². The first kappa shape index (κ1) is 28.6. The summed E-state index contributed by atoms with van der Waals surface area (Å²) in [4.78, 5) is 12.9. The van der Waals surface area contributed by atoms with Gasteiger partial charge in [0.15, 0.2) is 11.5 Å². The van der Waals surface area contributed by atoms with Gasteiger partial charge in [-0.1, -0.05) is 17.7 Å². The molecule has 8 heteroatoms. The van der Waals surface area contributed by atoms with Crippen LogP contribution in [0.25, 0.3) is 6.08 Å². The minimum atomic E-state index is -0.414. The highest BCUT2D eigenvalue weighted by Gasteiger charge is 2.72. The minimum Gasteiger partial charge on any atom is -0.493 e. The molecule has 0 N–H and O–H groups in total. The van der Waals surface area contributed by atoms with Gasteiger partial charge in [0.25, 0.3) is 0 Å². The van der Waals surface area contributed by atoms with Crippen LogP contribution in [0.4, 0.5) is 0 Å². The third-order valence-electron chi connectivity index (χ3n) is 7.79. The minimum absolute atomic E-state index is 0.00868. The summed E-state index contributed by atoms with van der Waals surface area (Å²) in [6.07, 6.45) is 7.14. The lowest BCUT2D eigenvalue weighted by Gasteiger charge is -2.42. The Morgan fingerprint density at radius 3 is 2.63 bits per heavy atom. The maximum absolute atomic E-state index is 12.9. The molecule has 3 aliphatic rings. The highest BCUT2D eigenvalue weighted by molar-refractivity contribution is 5.87. The maximum atomic E-state index is 12.9. The quantitative estimate of drug-likeness (QED) is 0.119. The highest BCUT2D eigenvalue weighted by Crippen LogP contribution is 2.59. The second-order valence-electron chi connectivity index (χ2n) is 10.6. The van der Waals surface area contributed by atoms with Crippen LogP contribution >= 0.6 is 0 Å². The lowest BCUT2D eigenvalue weighted by molar-refractivity contribution is -0.166. The average Bonchev–Trinajstić information content (AvgIpc) is 3.82. The number of benzene rings is 1. The first-order chi connectivity index (χ1) is 18.3. The number of hydrogen-bond donors (Lipinski definition) is 0. The molecule has 2 unspecified atom stereocenters. The van der Waals surface area contributed by atoms with E-state index in [1.165, 1.54) is 11.6 Å². The van der Waals surface area contributed by atoms with Crippen LogP contribution in [0.15, 0.2) is 35.9 Å². The van der Waals surface area contributed by atoms with Crippen LogP contribution in [-0.4, -0.2) is 76.1 Å². The Balaban J connectivity index is 1.39. The van der Waals surface area contributed by atoms with Gasteiger partial charge < -0.3 is 33.2 Å². The summed E-state index contributed by atoms with van der Waals surface area (Å²) in [7, 11) is 3.26. The second-order valence-corrected chi connectivity index (χ2v) is 10.6. The molecule has 2 saturated heterocycles. The molecule has 4 rings (SSSR count). The summed E-state index contributed by atoms with van der Waals surface area (Å²) in [6.45, 7) is 10.5. The number of carbonyl (C=O) groups is 1. The molecule has 6 atom stereocenters. The maximum Gasteiger partial charge on any atom is 0.331 e. The summed E-state index contributed by atoms with van der Waals surface area (Å²) < 4.78 is 40.6. The van der Waals surface area contributed by atoms with Crippen LogP contribution < -0.4 is 9.47 Å². The molecule has 1 aromatic rings. The highest BCUT2D eigenvalue weighted by atomic mass is 16.6. The standard InChI is InChI=1S/C30H42O8/c1-7-34-16-17-35-22-11-9-21(18-24(22)32-5)10-13-26(31)37-23-14-15-30(19-36-30)28(27(23)33-6)29(4)25(38-29)12-8-20(2)3/h8-11,13,18,23,25,27-28H,7,12,14-17,19H2,1-6H3/b13-10+/t23-,25?,27-,28-,29?,30+/m1/s1. The Bertz CT molecular complexity index is 1030. The Morgan fingerprint density at radius 1 is 1.18 bits per heavy atom. The number of carbonyl (C=O) groups excluding carboxylic acids is 1. The van der Waals surface area contributed by atoms with Gasteiger partial charge in [0.05, 0.1) is 32.3 Å². The van der Waals surface area contributed by atoms with Crippen molar-refractivity contribution in [2.24, 2.45) is 5.92 Å². The lowest BCUT2D eigenvalue weighted by atomic mass is 9.68. The molecule has 1 aromatic carbocycles. The van der Waals surface area contributed by atoms with Gasteiger partial charge in [0, 0.05) is 19.8 Å². The van der Waals surface area contributed by atoms with E-state index in [1.807, 2.05) is 25.1 Å². The van der Waals surface area contributed by atoms with Crippen molar-refractivity contribution in [2.75, 3.05) is 40.6 Å². The van der Waals surface area contributed by atoms with Crippen molar-refractivity contribution in [1.29, 1.82) is 0 Å². The van der Waals surface area contributed by atoms with E-state index in [-0.39, 0.29) is 35.4 Å². The number of allylic oxidation sites excluding steroid dienone is 1. The average molecular weight is 531 g/mol. The fourth-order valence-corrected chi connectivity index (χ4v) is 5.68. The number of epoxide rings is 2. The molecule has 0 bridgehead atoms. The van der Waals surface area contributed by atoms with Crippen molar-refractivity contribution in [3.63, 3.8) is 0 Å². The summed E-state index contributed by atoms with van der Waals surface area (Å²) in [5.41, 5.74) is 1.45. The van der Waals surface area contributed by atoms with Gasteiger partial charge in [-0.25, -0.2) is 4.79 Å². The molecule has 38 heavy (non-hydrogen) atoms. The third-order valence-corrected chi connectivity index (χ3v) is 7.79. The Labute approximate surface area is 226 Å². The van der Waals surface area contributed by atoms with Crippen LogP contribution in [0.1, 0.15) is 52.5 Å². The first-order valence-corrected chi connectivity index (χ1v) is 13.5. The molecule has 2 aliphatic heterocycles. The van der Waals surface area contributed by atoms with Crippen molar-refractivity contribution in [1.82, 2.24) is 0 Å². The molecule has 0 aromatic heterocycles. The van der Waals surface area contributed by atoms with E-state index >= 15 is 0 Å². The largest absolute Gasteiger partial charge is 0.493 e. The van der Waals surface area contributed by atoms with Crippen LogP contribution in [-0.2, 0) is 28.5 Å². The molecular weight excluding hydrogens is 488 g/mol. The fourth-order valence-electron chi connectivity index (χ4n) is 5.68. The second kappa shape index (κ2) is 12.2. The van der Waals surface area contributed by atoms with E-state index in [0.29, 0.717) is 44.3 Å². The monoisotopic (exact) mass is 530 g/mol. The summed E-state index contributed by atoms with van der Waals surface area (Å²) in [6, 6.07) is 5.50. The molecule has 0 radical (unpaired) electrons. The molecule has 1 saturated carbocycles. The topological polar surface area (TPSA) is 88.3 Å². The van der Waals surface area contributed by atoms with E-state index in [4.69, 9.17) is 33.2 Å². The SMILES string of the molecule is CCOCCOc1ccc(/C=C/C(=O)O[C@@H]2CC[C@]3(CO3)[C@@H](C3(C)OC3CC=C(C)C)[C@@H]2OC)cc1OC. The fraction of sp³-hybridized carbons (Fsp3) is 0.633. The predicted octanol–water partition coefficient (Wildman–Crippen LogP) is 4.74. The Hall–Kier alpha value is -2.39. The summed E-state index contributed by atoms with van der Waals surface area (Å²) >= 11 is 0. The van der Waals surface area contributed by atoms with Gasteiger partial charge in [-0.05, 0) is 70.7 Å². The van der Waals surface area contributed by atoms with Gasteiger partial charge in [0.1, 0.15) is 30.0 Å². The smallest absolute Gasteiger partial charge is 0.331 e. The lowest BCUT2D eigenvalue weighted by Crippen LogP contribution is -2.55. The van der Waals surface area contributed by atoms with Crippen LogP contribution in [0.2, 0.25) is 0 Å². The zero-order valence-corrected chi connectivity index (χ0v) is 23.5. The Kier molecular flexibility index (Phi) is 9.19. The van der Waals surface area contributed by atoms with E-state index in [9.17, 15) is 4.79 Å². The zero-order valence-electron chi connectivity index (χ0n) is 23.5. The number of hydrogen-bond acceptors (Lipinski definition) is 8. The molecular formula is C30H42O8. The van der Waals surface area contributed by atoms with Crippen molar-refractivity contribution < 1.29 is 38.0 Å². The third kappa shape index (κ3) is 6.42.